The van der Waals surface area contributed by atoms with Crippen molar-refractivity contribution in [3.8, 4) is 17.6 Å². The van der Waals surface area contributed by atoms with E-state index in [0.29, 0.717) is 17.1 Å². The van der Waals surface area contributed by atoms with Crippen LogP contribution in [0.2, 0.25) is 0 Å². The van der Waals surface area contributed by atoms with Gasteiger partial charge in [0, 0.05) is 0 Å². The van der Waals surface area contributed by atoms with Gasteiger partial charge in [0.25, 0.3) is 5.91 Å². The third-order valence-electron chi connectivity index (χ3n) is 2.37. The Bertz CT molecular complexity index is 650. The van der Waals surface area contributed by atoms with Gasteiger partial charge in [-0.2, -0.15) is 5.26 Å². The number of carbonyl (C=O) groups is 2. The number of nitrogens with zero attached hydrogens (tertiary/aromatic N) is 1. The molecule has 0 bridgehead atoms. The molecule has 1 rings (SSSR count). The molecule has 3 N–H and O–H groups in total. The summed E-state index contributed by atoms with van der Waals surface area (Å²) in [5.41, 5.74) is 5.14. The molecule has 0 radical (unpaired) electrons. The van der Waals surface area contributed by atoms with Gasteiger partial charge in [-0.05, 0) is 46.4 Å². The van der Waals surface area contributed by atoms with Crippen molar-refractivity contribution in [1.29, 1.82) is 5.26 Å². The maximum absolute atomic E-state index is 11.6. The molecule has 21 heavy (non-hydrogen) atoms. The van der Waals surface area contributed by atoms with Crippen LogP contribution in [0.5, 0.6) is 11.5 Å². The predicted molar refractivity (Wildman–Crippen MR) is 83.6 cm³/mol. The number of hydrogen-bond acceptors (Lipinski definition) is 5. The number of nitrogens with one attached hydrogen (secondary N) is 1. The van der Waals surface area contributed by atoms with Gasteiger partial charge in [-0.3, -0.25) is 10.1 Å². The summed E-state index contributed by atoms with van der Waals surface area (Å²) in [6, 6.07) is 4.00. The zero-order valence-electron chi connectivity index (χ0n) is 11.3. The molecule has 0 unspecified atom stereocenters. The van der Waals surface area contributed by atoms with Crippen molar-refractivity contribution in [2.75, 3.05) is 14.2 Å². The minimum atomic E-state index is -1.02. The molecule has 0 spiro atoms. The molecule has 110 valence electrons. The van der Waals surface area contributed by atoms with Crippen molar-refractivity contribution in [1.82, 2.24) is 5.32 Å². The number of urea groups is 1. The Kier molecular flexibility index (Phi) is 5.98. The van der Waals surface area contributed by atoms with E-state index in [1.807, 2.05) is 27.9 Å². The normalized spacial score (nSPS) is 10.5. The van der Waals surface area contributed by atoms with E-state index in [4.69, 9.17) is 20.5 Å². The quantitative estimate of drug-likeness (QED) is 0.450. The second-order valence-electron chi connectivity index (χ2n) is 3.73. The molecule has 1 aromatic rings. The molecule has 0 heterocycles. The van der Waals surface area contributed by atoms with Crippen LogP contribution in [0, 0.1) is 14.9 Å². The van der Waals surface area contributed by atoms with Crippen LogP contribution in [0.25, 0.3) is 6.08 Å². The molecular weight excluding hydrogens is 389 g/mol. The van der Waals surface area contributed by atoms with Crippen LogP contribution in [-0.4, -0.2) is 26.2 Å². The van der Waals surface area contributed by atoms with Gasteiger partial charge < -0.3 is 15.2 Å². The summed E-state index contributed by atoms with van der Waals surface area (Å²) >= 11 is 2.04. The second kappa shape index (κ2) is 7.49. The van der Waals surface area contributed by atoms with E-state index in [1.54, 1.807) is 18.2 Å². The molecule has 0 fully saturated rings. The number of imide groups is 1. The number of nitrogens with two attached hydrogens (primary N) is 1. The first-order valence-electron chi connectivity index (χ1n) is 5.57. The number of amides is 3. The van der Waals surface area contributed by atoms with E-state index >= 15 is 0 Å². The molecule has 0 saturated heterocycles. The smallest absolute Gasteiger partial charge is 0.319 e. The highest BCUT2D eigenvalue weighted by molar-refractivity contribution is 14.1. The number of methoxy groups -OCH3 is 2. The Morgan fingerprint density at radius 1 is 1.38 bits per heavy atom. The number of primary amides is 1. The van der Waals surface area contributed by atoms with Gasteiger partial charge in [0.2, 0.25) is 0 Å². The zero-order chi connectivity index (χ0) is 16.0. The number of hydrogen-bond donors (Lipinski definition) is 2. The molecule has 0 aliphatic carbocycles. The molecule has 8 heteroatoms. The molecule has 0 aliphatic rings. The highest BCUT2D eigenvalue weighted by Gasteiger charge is 2.13. The van der Waals surface area contributed by atoms with Gasteiger partial charge in [-0.25, -0.2) is 4.79 Å². The van der Waals surface area contributed by atoms with Crippen molar-refractivity contribution >= 4 is 40.6 Å². The fraction of sp³-hybridized carbons (Fsp3) is 0.154. The number of halogens is 1. The predicted octanol–water partition coefficient (Wildman–Crippen LogP) is 1.41. The number of rotatable bonds is 4. The fourth-order valence-corrected chi connectivity index (χ4v) is 2.36. The number of carbonyl (C=O) groups excluding carboxylic acids is 2. The van der Waals surface area contributed by atoms with E-state index in [9.17, 15) is 9.59 Å². The number of ether oxygens (including phenoxy) is 2. The molecule has 3 amide bonds. The highest BCUT2D eigenvalue weighted by atomic mass is 127. The Balaban J connectivity index is 3.24. The van der Waals surface area contributed by atoms with Crippen LogP contribution in [0.15, 0.2) is 17.7 Å². The Morgan fingerprint density at radius 2 is 2.05 bits per heavy atom. The van der Waals surface area contributed by atoms with Gasteiger partial charge in [-0.1, -0.05) is 0 Å². The molecule has 0 saturated carbocycles. The van der Waals surface area contributed by atoms with Crippen molar-refractivity contribution in [2.24, 2.45) is 5.73 Å². The molecule has 0 aromatic heterocycles. The number of nitriles is 1. The maximum atomic E-state index is 11.6. The van der Waals surface area contributed by atoms with Gasteiger partial charge >= 0.3 is 6.03 Å². The summed E-state index contributed by atoms with van der Waals surface area (Å²) in [7, 11) is 2.99. The topological polar surface area (TPSA) is 114 Å². The molecule has 0 atom stereocenters. The Morgan fingerprint density at radius 3 is 2.52 bits per heavy atom. The van der Waals surface area contributed by atoms with Crippen LogP contribution < -0.4 is 20.5 Å². The molecule has 7 nitrogen and oxygen atoms in total. The first kappa shape index (κ1) is 16.8. The molecular formula is C13H12IN3O4. The average Bonchev–Trinajstić information content (AvgIpc) is 2.43. The summed E-state index contributed by atoms with van der Waals surface area (Å²) in [6.45, 7) is 0. The van der Waals surface area contributed by atoms with E-state index in [-0.39, 0.29) is 5.57 Å². The monoisotopic (exact) mass is 401 g/mol. The lowest BCUT2D eigenvalue weighted by atomic mass is 10.1. The molecule has 0 aliphatic heterocycles. The van der Waals surface area contributed by atoms with Gasteiger partial charge in [-0.15, -0.1) is 0 Å². The zero-order valence-corrected chi connectivity index (χ0v) is 13.4. The lowest BCUT2D eigenvalue weighted by molar-refractivity contribution is -0.115. The summed E-state index contributed by atoms with van der Waals surface area (Å²) in [4.78, 5) is 22.2. The van der Waals surface area contributed by atoms with E-state index in [2.05, 4.69) is 0 Å². The Labute approximate surface area is 134 Å². The third kappa shape index (κ3) is 4.35. The minimum absolute atomic E-state index is 0.253. The van der Waals surface area contributed by atoms with Gasteiger partial charge in [0.05, 0.1) is 17.8 Å². The van der Waals surface area contributed by atoms with Crippen molar-refractivity contribution in [3.63, 3.8) is 0 Å². The summed E-state index contributed by atoms with van der Waals surface area (Å²) < 4.78 is 11.1. The van der Waals surface area contributed by atoms with Gasteiger partial charge in [0.15, 0.2) is 11.5 Å². The number of benzene rings is 1. The summed E-state index contributed by atoms with van der Waals surface area (Å²) in [6.07, 6.45) is 1.32. The van der Waals surface area contributed by atoms with Crippen LogP contribution in [0.1, 0.15) is 5.56 Å². The van der Waals surface area contributed by atoms with Crippen LogP contribution in [-0.2, 0) is 4.79 Å². The van der Waals surface area contributed by atoms with E-state index in [1.165, 1.54) is 20.3 Å². The van der Waals surface area contributed by atoms with E-state index in [0.717, 1.165) is 3.57 Å². The third-order valence-corrected chi connectivity index (χ3v) is 3.17. The van der Waals surface area contributed by atoms with Gasteiger partial charge in [0.1, 0.15) is 11.6 Å². The maximum Gasteiger partial charge on any atom is 0.319 e. The SMILES string of the molecule is COc1cc(/C=C(/C#N)C(=O)NC(N)=O)cc(I)c1OC. The van der Waals surface area contributed by atoms with Crippen LogP contribution in [0.3, 0.4) is 0 Å². The van der Waals surface area contributed by atoms with Crippen LogP contribution in [0.4, 0.5) is 4.79 Å². The first-order chi connectivity index (χ1) is 9.92. The lowest BCUT2D eigenvalue weighted by Crippen LogP contribution is -2.35. The van der Waals surface area contributed by atoms with E-state index < -0.39 is 11.9 Å². The Hall–Kier alpha value is -2.28. The summed E-state index contributed by atoms with van der Waals surface area (Å²) in [5.74, 6) is 0.147. The standard InChI is InChI=1S/C13H12IN3O4/c1-20-10-5-7(4-9(14)11(10)21-2)3-8(6-15)12(18)17-13(16)19/h3-5H,1-2H3,(H3,16,17,18,19)/b8-3-. The fourth-order valence-electron chi connectivity index (χ4n) is 1.52. The van der Waals surface area contributed by atoms with Crippen molar-refractivity contribution in [2.45, 2.75) is 0 Å². The lowest BCUT2D eigenvalue weighted by Gasteiger charge is -2.10. The summed E-state index contributed by atoms with van der Waals surface area (Å²) in [5, 5.41) is 10.8. The highest BCUT2D eigenvalue weighted by Crippen LogP contribution is 2.34. The second-order valence-corrected chi connectivity index (χ2v) is 4.89. The largest absolute Gasteiger partial charge is 0.493 e. The minimum Gasteiger partial charge on any atom is -0.493 e. The van der Waals surface area contributed by atoms with Crippen molar-refractivity contribution < 1.29 is 19.1 Å². The first-order valence-corrected chi connectivity index (χ1v) is 6.65. The van der Waals surface area contributed by atoms with Crippen molar-refractivity contribution in [3.05, 3.63) is 26.8 Å². The average molecular weight is 401 g/mol. The molecule has 1 aromatic carbocycles. The van der Waals surface area contributed by atoms with Crippen LogP contribution >= 0.6 is 22.6 Å².